The number of fused-ring (bicyclic) bond motifs is 1. The van der Waals surface area contributed by atoms with Crippen LogP contribution in [0.5, 0.6) is 0 Å². The van der Waals surface area contributed by atoms with Gasteiger partial charge < -0.3 is 15.7 Å². The molecule has 2 aromatic rings. The lowest BCUT2D eigenvalue weighted by Gasteiger charge is -2.23. The molecule has 6 nitrogen and oxygen atoms in total. The van der Waals surface area contributed by atoms with Crippen LogP contribution in [0.3, 0.4) is 0 Å². The summed E-state index contributed by atoms with van der Waals surface area (Å²) in [5, 5.41) is 9.31. The SMILES string of the molecule is Cl.NC1CCN(c2c(F)cn3c(=O)c(C(=O)O)cc(C4CC4)c3c2Br)C1. The van der Waals surface area contributed by atoms with Crippen LogP contribution < -0.4 is 16.2 Å². The normalized spacial score (nSPS) is 19.7. The van der Waals surface area contributed by atoms with E-state index in [4.69, 9.17) is 5.73 Å². The number of carbonyl (C=O) groups is 1. The van der Waals surface area contributed by atoms with E-state index >= 15 is 0 Å². The summed E-state index contributed by atoms with van der Waals surface area (Å²) in [4.78, 5) is 25.8. The highest BCUT2D eigenvalue weighted by Crippen LogP contribution is 2.45. The van der Waals surface area contributed by atoms with Crippen LogP contribution in [0.2, 0.25) is 0 Å². The van der Waals surface area contributed by atoms with Gasteiger partial charge in [0, 0.05) is 19.1 Å². The number of rotatable bonds is 3. The van der Waals surface area contributed by atoms with Gasteiger partial charge in [0.2, 0.25) is 0 Å². The Labute approximate surface area is 163 Å². The van der Waals surface area contributed by atoms with E-state index in [1.807, 2.05) is 4.90 Å². The van der Waals surface area contributed by atoms with Gasteiger partial charge in [0.1, 0.15) is 5.56 Å². The highest BCUT2D eigenvalue weighted by Gasteiger charge is 2.32. The monoisotopic (exact) mass is 445 g/mol. The van der Waals surface area contributed by atoms with Gasteiger partial charge in [0.05, 0.1) is 21.9 Å². The number of hydrogen-bond donors (Lipinski definition) is 2. The molecule has 0 aromatic carbocycles. The zero-order valence-electron chi connectivity index (χ0n) is 13.7. The van der Waals surface area contributed by atoms with Crippen molar-refractivity contribution in [2.45, 2.75) is 31.2 Å². The zero-order chi connectivity index (χ0) is 17.9. The van der Waals surface area contributed by atoms with Crippen molar-refractivity contribution in [3.05, 3.63) is 44.0 Å². The average Bonchev–Trinajstić information content (AvgIpc) is 3.30. The fraction of sp³-hybridized carbons (Fsp3) is 0.412. The highest BCUT2D eigenvalue weighted by molar-refractivity contribution is 9.10. The Bertz CT molecular complexity index is 961. The molecule has 0 spiro atoms. The van der Waals surface area contributed by atoms with E-state index in [0.717, 1.165) is 35.4 Å². The number of nitrogens with zero attached hydrogens (tertiary/aromatic N) is 2. The molecule has 9 heteroatoms. The summed E-state index contributed by atoms with van der Waals surface area (Å²) in [6.07, 6.45) is 3.73. The van der Waals surface area contributed by atoms with Gasteiger partial charge in [-0.2, -0.15) is 0 Å². The van der Waals surface area contributed by atoms with Crippen molar-refractivity contribution < 1.29 is 14.3 Å². The first-order valence-corrected chi connectivity index (χ1v) is 8.99. The van der Waals surface area contributed by atoms with Gasteiger partial charge in [-0.15, -0.1) is 12.4 Å². The molecule has 3 heterocycles. The van der Waals surface area contributed by atoms with Crippen molar-refractivity contribution in [3.8, 4) is 0 Å². The molecule has 4 rings (SSSR count). The molecule has 26 heavy (non-hydrogen) atoms. The summed E-state index contributed by atoms with van der Waals surface area (Å²) in [7, 11) is 0. The molecule has 1 saturated heterocycles. The van der Waals surface area contributed by atoms with Crippen LogP contribution in [0.1, 0.15) is 41.1 Å². The van der Waals surface area contributed by atoms with E-state index in [0.29, 0.717) is 28.8 Å². The summed E-state index contributed by atoms with van der Waals surface area (Å²) in [6.45, 7) is 1.19. The largest absolute Gasteiger partial charge is 0.477 e. The lowest BCUT2D eigenvalue weighted by atomic mass is 10.1. The second-order valence-electron chi connectivity index (χ2n) is 6.75. The maximum absolute atomic E-state index is 14.8. The number of anilines is 1. The molecule has 2 fully saturated rings. The van der Waals surface area contributed by atoms with Crippen molar-refractivity contribution >= 4 is 45.5 Å². The van der Waals surface area contributed by atoms with Gasteiger partial charge in [0.25, 0.3) is 5.56 Å². The van der Waals surface area contributed by atoms with Crippen LogP contribution in [-0.2, 0) is 0 Å². The predicted molar refractivity (Wildman–Crippen MR) is 102 cm³/mol. The first kappa shape index (κ1) is 19.1. The quantitative estimate of drug-likeness (QED) is 0.757. The van der Waals surface area contributed by atoms with Gasteiger partial charge in [-0.25, -0.2) is 9.18 Å². The minimum Gasteiger partial charge on any atom is -0.477 e. The average molecular weight is 447 g/mol. The Balaban J connectivity index is 0.00000196. The number of hydrogen-bond acceptors (Lipinski definition) is 4. The van der Waals surface area contributed by atoms with Crippen LogP contribution in [0.4, 0.5) is 10.1 Å². The van der Waals surface area contributed by atoms with Crippen molar-refractivity contribution in [1.29, 1.82) is 0 Å². The molecular formula is C17H18BrClFN3O3. The predicted octanol–water partition coefficient (Wildman–Crippen LogP) is 2.74. The number of carboxylic acid groups (broad SMARTS) is 1. The molecule has 1 saturated carbocycles. The van der Waals surface area contributed by atoms with Crippen molar-refractivity contribution in [1.82, 2.24) is 4.40 Å². The molecule has 0 amide bonds. The third-order valence-electron chi connectivity index (χ3n) is 4.94. The number of pyridine rings is 2. The molecular weight excluding hydrogens is 429 g/mol. The van der Waals surface area contributed by atoms with Crippen LogP contribution in [-0.4, -0.2) is 34.6 Å². The topological polar surface area (TPSA) is 88.0 Å². The molecule has 1 aliphatic heterocycles. The van der Waals surface area contributed by atoms with Gasteiger partial charge in [-0.1, -0.05) is 0 Å². The fourth-order valence-electron chi connectivity index (χ4n) is 3.54. The third kappa shape index (κ3) is 3.00. The standard InChI is InChI=1S/C17H17BrFN3O3.ClH/c18-13-14-10(8-1-2-8)5-11(17(24)25)16(23)22(14)7-12(19)15(13)21-4-3-9(20)6-21;/h5,7-9H,1-4,6,20H2,(H,24,25);1H. The molecule has 2 aromatic heterocycles. The molecule has 0 bridgehead atoms. The van der Waals surface area contributed by atoms with E-state index < -0.39 is 17.3 Å². The summed E-state index contributed by atoms with van der Waals surface area (Å²) in [6, 6.07) is 1.43. The van der Waals surface area contributed by atoms with Gasteiger partial charge >= 0.3 is 5.97 Å². The number of halogens is 3. The molecule has 2 aliphatic rings. The van der Waals surface area contributed by atoms with E-state index in [1.165, 1.54) is 6.07 Å². The van der Waals surface area contributed by atoms with E-state index in [9.17, 15) is 19.1 Å². The second kappa shape index (κ2) is 6.83. The maximum Gasteiger partial charge on any atom is 0.341 e. The summed E-state index contributed by atoms with van der Waals surface area (Å²) in [5.74, 6) is -1.67. The molecule has 1 unspecified atom stereocenters. The first-order valence-electron chi connectivity index (χ1n) is 8.19. The summed E-state index contributed by atoms with van der Waals surface area (Å²) in [5.41, 5.74) is 6.59. The third-order valence-corrected chi connectivity index (χ3v) is 5.69. The van der Waals surface area contributed by atoms with Crippen molar-refractivity contribution in [2.75, 3.05) is 18.0 Å². The molecule has 140 valence electrons. The smallest absolute Gasteiger partial charge is 0.341 e. The second-order valence-corrected chi connectivity index (χ2v) is 7.54. The Hall–Kier alpha value is -1.64. The fourth-order valence-corrected chi connectivity index (χ4v) is 4.40. The number of carboxylic acids is 1. The Morgan fingerprint density at radius 1 is 1.35 bits per heavy atom. The van der Waals surface area contributed by atoms with E-state index in [1.54, 1.807) is 0 Å². The lowest BCUT2D eigenvalue weighted by molar-refractivity contribution is 0.0694. The van der Waals surface area contributed by atoms with Gasteiger partial charge in [0.15, 0.2) is 5.82 Å². The number of aromatic nitrogens is 1. The first-order chi connectivity index (χ1) is 11.9. The van der Waals surface area contributed by atoms with Crippen LogP contribution >= 0.6 is 28.3 Å². The molecule has 1 aliphatic carbocycles. The lowest BCUT2D eigenvalue weighted by Crippen LogP contribution is -2.29. The van der Waals surface area contributed by atoms with Crippen LogP contribution in [0, 0.1) is 5.82 Å². The van der Waals surface area contributed by atoms with Crippen LogP contribution in [0.25, 0.3) is 5.52 Å². The van der Waals surface area contributed by atoms with Gasteiger partial charge in [-0.05, 0) is 52.7 Å². The molecule has 0 radical (unpaired) electrons. The number of nitrogens with two attached hydrogens (primary N) is 1. The number of aromatic carboxylic acids is 1. The van der Waals surface area contributed by atoms with E-state index in [-0.39, 0.29) is 29.9 Å². The van der Waals surface area contributed by atoms with Crippen LogP contribution in [0.15, 0.2) is 21.5 Å². The van der Waals surface area contributed by atoms with Crippen molar-refractivity contribution in [2.24, 2.45) is 5.73 Å². The Kier molecular flexibility index (Phi) is 5.02. The molecule has 1 atom stereocenters. The summed E-state index contributed by atoms with van der Waals surface area (Å²) < 4.78 is 16.4. The Morgan fingerprint density at radius 2 is 2.04 bits per heavy atom. The summed E-state index contributed by atoms with van der Waals surface area (Å²) >= 11 is 3.48. The minimum absolute atomic E-state index is 0. The zero-order valence-corrected chi connectivity index (χ0v) is 16.1. The minimum atomic E-state index is -1.30. The van der Waals surface area contributed by atoms with Crippen molar-refractivity contribution in [3.63, 3.8) is 0 Å². The Morgan fingerprint density at radius 3 is 2.58 bits per heavy atom. The maximum atomic E-state index is 14.8. The van der Waals surface area contributed by atoms with E-state index in [2.05, 4.69) is 15.9 Å². The van der Waals surface area contributed by atoms with Gasteiger partial charge in [-0.3, -0.25) is 9.20 Å². The highest BCUT2D eigenvalue weighted by atomic mass is 79.9. The molecule has 3 N–H and O–H groups in total.